The number of hydrogen-bond acceptors (Lipinski definition) is 5. The predicted molar refractivity (Wildman–Crippen MR) is 64.6 cm³/mol. The van der Waals surface area contributed by atoms with E-state index in [1.165, 1.54) is 11.3 Å². The SMILES string of the molecule is Nc1ccc2nc(NCC(O)C(F)(F)F)sc2c1. The van der Waals surface area contributed by atoms with E-state index in [4.69, 9.17) is 10.8 Å². The van der Waals surface area contributed by atoms with Gasteiger partial charge in [0.2, 0.25) is 0 Å². The summed E-state index contributed by atoms with van der Waals surface area (Å²) in [6, 6.07) is 5.04. The minimum absolute atomic E-state index is 0.318. The molecule has 1 aromatic heterocycles. The third-order valence-electron chi connectivity index (χ3n) is 2.24. The summed E-state index contributed by atoms with van der Waals surface area (Å²) in [5.41, 5.74) is 6.80. The molecule has 1 atom stereocenters. The van der Waals surface area contributed by atoms with Crippen LogP contribution >= 0.6 is 11.3 Å². The number of benzene rings is 1. The minimum atomic E-state index is -4.63. The number of aliphatic hydroxyl groups excluding tert-OH is 1. The van der Waals surface area contributed by atoms with Crippen molar-refractivity contribution in [2.45, 2.75) is 12.3 Å². The van der Waals surface area contributed by atoms with Gasteiger partial charge in [0.25, 0.3) is 0 Å². The number of rotatable bonds is 3. The van der Waals surface area contributed by atoms with E-state index in [0.717, 1.165) is 4.70 Å². The minimum Gasteiger partial charge on any atom is -0.399 e. The van der Waals surface area contributed by atoms with Crippen molar-refractivity contribution in [1.29, 1.82) is 0 Å². The van der Waals surface area contributed by atoms with Crippen LogP contribution in [0.2, 0.25) is 0 Å². The van der Waals surface area contributed by atoms with Gasteiger partial charge in [-0.25, -0.2) is 4.98 Å². The molecule has 8 heteroatoms. The number of anilines is 2. The van der Waals surface area contributed by atoms with Crippen LogP contribution < -0.4 is 11.1 Å². The lowest BCUT2D eigenvalue weighted by molar-refractivity contribution is -0.198. The van der Waals surface area contributed by atoms with Gasteiger partial charge in [-0.3, -0.25) is 0 Å². The molecule has 0 saturated heterocycles. The van der Waals surface area contributed by atoms with Crippen molar-refractivity contribution in [2.24, 2.45) is 0 Å². The molecule has 18 heavy (non-hydrogen) atoms. The van der Waals surface area contributed by atoms with E-state index in [0.29, 0.717) is 16.3 Å². The average molecular weight is 277 g/mol. The van der Waals surface area contributed by atoms with Gasteiger partial charge in [-0.1, -0.05) is 11.3 Å². The standard InChI is InChI=1S/C10H10F3N3OS/c11-10(12,13)8(17)4-15-9-16-6-2-1-5(14)3-7(6)18-9/h1-3,8,17H,4,14H2,(H,15,16). The number of halogens is 3. The molecule has 1 unspecified atom stereocenters. The van der Waals surface area contributed by atoms with Gasteiger partial charge in [0.15, 0.2) is 11.2 Å². The lowest BCUT2D eigenvalue weighted by Gasteiger charge is -2.14. The van der Waals surface area contributed by atoms with Gasteiger partial charge in [-0.05, 0) is 18.2 Å². The molecule has 0 amide bonds. The van der Waals surface area contributed by atoms with Crippen LogP contribution in [0.3, 0.4) is 0 Å². The highest BCUT2D eigenvalue weighted by molar-refractivity contribution is 7.22. The first-order chi connectivity index (χ1) is 8.36. The van der Waals surface area contributed by atoms with Crippen molar-refractivity contribution in [3.05, 3.63) is 18.2 Å². The Labute approximate surface area is 104 Å². The fraction of sp³-hybridized carbons (Fsp3) is 0.300. The van der Waals surface area contributed by atoms with E-state index in [-0.39, 0.29) is 0 Å². The van der Waals surface area contributed by atoms with E-state index in [1.54, 1.807) is 18.2 Å². The summed E-state index contributed by atoms with van der Waals surface area (Å²) in [5, 5.41) is 11.6. The zero-order valence-corrected chi connectivity index (χ0v) is 9.85. The number of fused-ring (bicyclic) bond motifs is 1. The molecule has 0 bridgehead atoms. The van der Waals surface area contributed by atoms with Crippen molar-refractivity contribution in [3.63, 3.8) is 0 Å². The van der Waals surface area contributed by atoms with Gasteiger partial charge in [0.1, 0.15) is 0 Å². The maximum atomic E-state index is 12.1. The summed E-state index contributed by atoms with van der Waals surface area (Å²) in [6.07, 6.45) is -7.04. The van der Waals surface area contributed by atoms with Gasteiger partial charge in [-0.15, -0.1) is 0 Å². The van der Waals surface area contributed by atoms with Crippen LogP contribution in [-0.2, 0) is 0 Å². The molecule has 0 spiro atoms. The molecule has 0 saturated carbocycles. The number of nitrogens with zero attached hydrogens (tertiary/aromatic N) is 1. The normalized spacial score (nSPS) is 13.8. The molecule has 1 aromatic carbocycles. The Hall–Kier alpha value is -1.54. The maximum Gasteiger partial charge on any atom is 0.416 e. The monoisotopic (exact) mass is 277 g/mol. The number of nitrogens with one attached hydrogen (secondary N) is 1. The highest BCUT2D eigenvalue weighted by Gasteiger charge is 2.37. The molecule has 2 aromatic rings. The fourth-order valence-corrected chi connectivity index (χ4v) is 2.24. The van der Waals surface area contributed by atoms with Crippen LogP contribution in [0.1, 0.15) is 0 Å². The Morgan fingerprint density at radius 1 is 1.44 bits per heavy atom. The van der Waals surface area contributed by atoms with E-state index < -0.39 is 18.8 Å². The molecule has 0 fully saturated rings. The Balaban J connectivity index is 2.09. The molecule has 0 aliphatic heterocycles. The van der Waals surface area contributed by atoms with Crippen LogP contribution in [0.4, 0.5) is 24.0 Å². The first-order valence-electron chi connectivity index (χ1n) is 5.01. The highest BCUT2D eigenvalue weighted by atomic mass is 32.1. The first-order valence-corrected chi connectivity index (χ1v) is 5.82. The van der Waals surface area contributed by atoms with Gasteiger partial charge in [-0.2, -0.15) is 13.2 Å². The van der Waals surface area contributed by atoms with Crippen molar-refractivity contribution in [1.82, 2.24) is 4.98 Å². The number of nitrogen functional groups attached to an aromatic ring is 1. The number of aliphatic hydroxyl groups is 1. The smallest absolute Gasteiger partial charge is 0.399 e. The van der Waals surface area contributed by atoms with E-state index in [9.17, 15) is 13.2 Å². The molecular weight excluding hydrogens is 267 g/mol. The van der Waals surface area contributed by atoms with Crippen LogP contribution in [0.5, 0.6) is 0 Å². The molecule has 0 aliphatic carbocycles. The predicted octanol–water partition coefficient (Wildman–Crippen LogP) is 2.21. The van der Waals surface area contributed by atoms with E-state index in [2.05, 4.69) is 10.3 Å². The number of thiazole rings is 1. The van der Waals surface area contributed by atoms with Crippen LogP contribution in [0.25, 0.3) is 10.2 Å². The Bertz CT molecular complexity index is 555. The number of hydrogen-bond donors (Lipinski definition) is 3. The highest BCUT2D eigenvalue weighted by Crippen LogP contribution is 2.28. The van der Waals surface area contributed by atoms with E-state index in [1.807, 2.05) is 0 Å². The molecule has 0 aliphatic rings. The summed E-state index contributed by atoms with van der Waals surface area (Å²) >= 11 is 1.18. The van der Waals surface area contributed by atoms with Crippen LogP contribution in [0.15, 0.2) is 18.2 Å². The van der Waals surface area contributed by atoms with Crippen molar-refractivity contribution in [2.75, 3.05) is 17.6 Å². The molecule has 4 N–H and O–H groups in total. The zero-order chi connectivity index (χ0) is 13.3. The average Bonchev–Trinajstić information content (AvgIpc) is 2.66. The number of nitrogens with two attached hydrogens (primary N) is 1. The van der Waals surface area contributed by atoms with Crippen LogP contribution in [-0.4, -0.2) is 28.9 Å². The first kappa shape index (κ1) is 12.9. The lowest BCUT2D eigenvalue weighted by Crippen LogP contribution is -2.34. The van der Waals surface area contributed by atoms with Gasteiger partial charge in [0, 0.05) is 5.69 Å². The van der Waals surface area contributed by atoms with Crippen molar-refractivity contribution >= 4 is 32.4 Å². The number of alkyl halides is 3. The summed E-state index contributed by atoms with van der Waals surface area (Å²) < 4.78 is 37.0. The van der Waals surface area contributed by atoms with Gasteiger partial charge in [0.05, 0.1) is 16.8 Å². The molecule has 2 rings (SSSR count). The second kappa shape index (κ2) is 4.62. The molecular formula is C10H10F3N3OS. The summed E-state index contributed by atoms with van der Waals surface area (Å²) in [4.78, 5) is 4.08. The van der Waals surface area contributed by atoms with Crippen molar-refractivity contribution < 1.29 is 18.3 Å². The van der Waals surface area contributed by atoms with Crippen LogP contribution in [0, 0.1) is 0 Å². The summed E-state index contributed by atoms with van der Waals surface area (Å²) in [5.74, 6) is 0. The quantitative estimate of drug-likeness (QED) is 0.752. The second-order valence-electron chi connectivity index (χ2n) is 3.68. The Morgan fingerprint density at radius 3 is 2.83 bits per heavy atom. The zero-order valence-electron chi connectivity index (χ0n) is 9.03. The van der Waals surface area contributed by atoms with E-state index >= 15 is 0 Å². The van der Waals surface area contributed by atoms with Crippen molar-refractivity contribution in [3.8, 4) is 0 Å². The third kappa shape index (κ3) is 2.82. The Kier molecular flexibility index (Phi) is 3.31. The third-order valence-corrected chi connectivity index (χ3v) is 3.21. The molecule has 0 radical (unpaired) electrons. The molecule has 1 heterocycles. The fourth-order valence-electron chi connectivity index (χ4n) is 1.32. The lowest BCUT2D eigenvalue weighted by atomic mass is 10.3. The largest absolute Gasteiger partial charge is 0.416 e. The molecule has 98 valence electrons. The summed E-state index contributed by atoms with van der Waals surface area (Å²) in [7, 11) is 0. The van der Waals surface area contributed by atoms with Gasteiger partial charge < -0.3 is 16.2 Å². The second-order valence-corrected chi connectivity index (χ2v) is 4.72. The molecule has 4 nitrogen and oxygen atoms in total. The Morgan fingerprint density at radius 2 is 2.17 bits per heavy atom. The topological polar surface area (TPSA) is 71.2 Å². The number of aromatic nitrogens is 1. The summed E-state index contributed by atoms with van der Waals surface area (Å²) in [6.45, 7) is -0.626. The van der Waals surface area contributed by atoms with Gasteiger partial charge >= 0.3 is 6.18 Å². The maximum absolute atomic E-state index is 12.1.